The summed E-state index contributed by atoms with van der Waals surface area (Å²) in [5.41, 5.74) is 0. The number of rotatable bonds is 4. The Balaban J connectivity index is 1.98. The summed E-state index contributed by atoms with van der Waals surface area (Å²) in [6.07, 6.45) is 2.02. The second kappa shape index (κ2) is 4.83. The van der Waals surface area contributed by atoms with Crippen molar-refractivity contribution in [3.05, 3.63) is 0 Å². The molecule has 1 aliphatic rings. The van der Waals surface area contributed by atoms with Crippen LogP contribution >= 0.6 is 0 Å². The van der Waals surface area contributed by atoms with Crippen LogP contribution in [0.1, 0.15) is 12.8 Å². The molecule has 0 spiro atoms. The monoisotopic (exact) mass is 199 g/mol. The maximum Gasteiger partial charge on any atom is 0.316 e. The van der Waals surface area contributed by atoms with Gasteiger partial charge in [-0.05, 0) is 12.8 Å². The summed E-state index contributed by atoms with van der Waals surface area (Å²) in [4.78, 5) is 23.6. The second-order valence-corrected chi connectivity index (χ2v) is 3.69. The van der Waals surface area contributed by atoms with Gasteiger partial charge in [-0.3, -0.25) is 4.79 Å². The van der Waals surface area contributed by atoms with E-state index in [-0.39, 0.29) is 17.9 Å². The van der Waals surface area contributed by atoms with E-state index in [1.165, 1.54) is 4.90 Å². The maximum atomic E-state index is 11.1. The van der Waals surface area contributed by atoms with Gasteiger partial charge in [0, 0.05) is 33.1 Å². The Morgan fingerprint density at radius 3 is 2.29 bits per heavy atom. The first-order chi connectivity index (χ1) is 6.61. The zero-order valence-corrected chi connectivity index (χ0v) is 8.67. The molecule has 1 rings (SSSR count). The molecule has 1 aliphatic carbocycles. The zero-order chi connectivity index (χ0) is 10.6. The van der Waals surface area contributed by atoms with Gasteiger partial charge in [0.05, 0.1) is 0 Å². The molecule has 14 heavy (non-hydrogen) atoms. The molecule has 0 aromatic heterocycles. The number of hydrogen-bond donors (Lipinski definition) is 2. The lowest BCUT2D eigenvalue weighted by Gasteiger charge is -2.11. The first-order valence-corrected chi connectivity index (χ1v) is 4.84. The van der Waals surface area contributed by atoms with E-state index in [1.54, 1.807) is 14.1 Å². The molecule has 0 heterocycles. The number of carbonyl (C=O) groups excluding carboxylic acids is 2. The molecule has 1 saturated carbocycles. The number of carbonyl (C=O) groups is 2. The average Bonchev–Trinajstić information content (AvgIpc) is 2.94. The van der Waals surface area contributed by atoms with Gasteiger partial charge in [0.25, 0.3) is 0 Å². The minimum atomic E-state index is -0.134. The molecule has 0 saturated heterocycles. The number of urea groups is 1. The molecule has 2 N–H and O–H groups in total. The van der Waals surface area contributed by atoms with Crippen molar-refractivity contribution < 1.29 is 9.59 Å². The van der Waals surface area contributed by atoms with Crippen molar-refractivity contribution in [2.24, 2.45) is 5.92 Å². The van der Waals surface area contributed by atoms with Gasteiger partial charge in [-0.2, -0.15) is 0 Å². The van der Waals surface area contributed by atoms with Crippen LogP contribution in [0, 0.1) is 5.92 Å². The molecule has 0 radical (unpaired) electrons. The van der Waals surface area contributed by atoms with E-state index in [2.05, 4.69) is 10.6 Å². The summed E-state index contributed by atoms with van der Waals surface area (Å²) in [7, 11) is 3.36. The number of nitrogens with one attached hydrogen (secondary N) is 2. The van der Waals surface area contributed by atoms with Crippen LogP contribution in [0.25, 0.3) is 0 Å². The van der Waals surface area contributed by atoms with E-state index < -0.39 is 0 Å². The molecule has 0 bridgehead atoms. The quantitative estimate of drug-likeness (QED) is 0.615. The lowest BCUT2D eigenvalue weighted by Crippen LogP contribution is -2.39. The maximum absolute atomic E-state index is 11.1. The Morgan fingerprint density at radius 1 is 1.21 bits per heavy atom. The third kappa shape index (κ3) is 3.64. The molecule has 0 aromatic carbocycles. The highest BCUT2D eigenvalue weighted by Crippen LogP contribution is 2.28. The van der Waals surface area contributed by atoms with Gasteiger partial charge in [-0.1, -0.05) is 0 Å². The third-order valence-electron chi connectivity index (χ3n) is 2.05. The molecule has 0 aromatic rings. The smallest absolute Gasteiger partial charge is 0.316 e. The summed E-state index contributed by atoms with van der Waals surface area (Å²) < 4.78 is 0. The van der Waals surface area contributed by atoms with E-state index >= 15 is 0 Å². The average molecular weight is 199 g/mol. The highest BCUT2D eigenvalue weighted by molar-refractivity contribution is 5.80. The number of nitrogens with zero attached hydrogens (tertiary/aromatic N) is 1. The highest BCUT2D eigenvalue weighted by Gasteiger charge is 2.28. The van der Waals surface area contributed by atoms with Crippen LogP contribution in [0.2, 0.25) is 0 Å². The van der Waals surface area contributed by atoms with Gasteiger partial charge in [-0.25, -0.2) is 4.79 Å². The molecule has 80 valence electrons. The van der Waals surface area contributed by atoms with E-state index in [1.807, 2.05) is 0 Å². The molecule has 0 atom stereocenters. The van der Waals surface area contributed by atoms with Crippen LogP contribution in [-0.2, 0) is 4.79 Å². The van der Waals surface area contributed by atoms with E-state index in [0.29, 0.717) is 13.1 Å². The molecule has 1 fully saturated rings. The summed E-state index contributed by atoms with van der Waals surface area (Å²) in [6.45, 7) is 0.990. The summed E-state index contributed by atoms with van der Waals surface area (Å²) in [5, 5.41) is 5.44. The largest absolute Gasteiger partial charge is 0.354 e. The van der Waals surface area contributed by atoms with Gasteiger partial charge < -0.3 is 15.5 Å². The molecular weight excluding hydrogens is 182 g/mol. The van der Waals surface area contributed by atoms with Crippen molar-refractivity contribution in [2.45, 2.75) is 12.8 Å². The van der Waals surface area contributed by atoms with Gasteiger partial charge in [0.1, 0.15) is 0 Å². The molecule has 0 unspecified atom stereocenters. The van der Waals surface area contributed by atoms with E-state index in [9.17, 15) is 9.59 Å². The molecular formula is C9H17N3O2. The zero-order valence-electron chi connectivity index (χ0n) is 8.67. The fraction of sp³-hybridized carbons (Fsp3) is 0.778. The SMILES string of the molecule is CN(C)C(=O)NCCNC(=O)C1CC1. The van der Waals surface area contributed by atoms with Crippen molar-refractivity contribution in [1.29, 1.82) is 0 Å². The lowest BCUT2D eigenvalue weighted by molar-refractivity contribution is -0.122. The molecule has 0 aliphatic heterocycles. The Hall–Kier alpha value is -1.26. The van der Waals surface area contributed by atoms with Crippen molar-refractivity contribution in [1.82, 2.24) is 15.5 Å². The second-order valence-electron chi connectivity index (χ2n) is 3.69. The van der Waals surface area contributed by atoms with Crippen molar-refractivity contribution >= 4 is 11.9 Å². The Bertz CT molecular complexity index is 208. The van der Waals surface area contributed by atoms with Crippen molar-refractivity contribution in [3.63, 3.8) is 0 Å². The topological polar surface area (TPSA) is 61.4 Å². The van der Waals surface area contributed by atoms with Crippen molar-refractivity contribution in [2.75, 3.05) is 27.2 Å². The minimum Gasteiger partial charge on any atom is -0.354 e. The first kappa shape index (κ1) is 10.8. The lowest BCUT2D eigenvalue weighted by atomic mass is 10.4. The summed E-state index contributed by atoms with van der Waals surface area (Å²) in [5.74, 6) is 0.351. The predicted molar refractivity (Wildman–Crippen MR) is 52.8 cm³/mol. The van der Waals surface area contributed by atoms with Gasteiger partial charge in [0.2, 0.25) is 5.91 Å². The standard InChI is InChI=1S/C9H17N3O2/c1-12(2)9(14)11-6-5-10-8(13)7-3-4-7/h7H,3-6H2,1-2H3,(H,10,13)(H,11,14). The van der Waals surface area contributed by atoms with Gasteiger partial charge >= 0.3 is 6.03 Å². The first-order valence-electron chi connectivity index (χ1n) is 4.84. The van der Waals surface area contributed by atoms with Crippen LogP contribution in [0.4, 0.5) is 4.79 Å². The fourth-order valence-electron chi connectivity index (χ4n) is 1.00. The van der Waals surface area contributed by atoms with Crippen LogP contribution in [0.15, 0.2) is 0 Å². The van der Waals surface area contributed by atoms with E-state index in [0.717, 1.165) is 12.8 Å². The fourth-order valence-corrected chi connectivity index (χ4v) is 1.00. The Kier molecular flexibility index (Phi) is 3.73. The van der Waals surface area contributed by atoms with Gasteiger partial charge in [-0.15, -0.1) is 0 Å². The van der Waals surface area contributed by atoms with E-state index in [4.69, 9.17) is 0 Å². The van der Waals surface area contributed by atoms with Crippen LogP contribution < -0.4 is 10.6 Å². The normalized spacial score (nSPS) is 14.7. The van der Waals surface area contributed by atoms with Gasteiger partial charge in [0.15, 0.2) is 0 Å². The summed E-state index contributed by atoms with van der Waals surface area (Å²) in [6, 6.07) is -0.134. The van der Waals surface area contributed by atoms with Crippen LogP contribution in [0.5, 0.6) is 0 Å². The number of amides is 3. The van der Waals surface area contributed by atoms with Crippen LogP contribution in [0.3, 0.4) is 0 Å². The molecule has 5 heteroatoms. The summed E-state index contributed by atoms with van der Waals surface area (Å²) >= 11 is 0. The highest BCUT2D eigenvalue weighted by atomic mass is 16.2. The Morgan fingerprint density at radius 2 is 1.79 bits per heavy atom. The molecule has 3 amide bonds. The van der Waals surface area contributed by atoms with Crippen molar-refractivity contribution in [3.8, 4) is 0 Å². The number of hydrogen-bond acceptors (Lipinski definition) is 2. The minimum absolute atomic E-state index is 0.115. The van der Waals surface area contributed by atoms with Crippen LogP contribution in [-0.4, -0.2) is 44.0 Å². The molecule has 5 nitrogen and oxygen atoms in total. The third-order valence-corrected chi connectivity index (χ3v) is 2.05. The predicted octanol–water partition coefficient (Wildman–Crippen LogP) is -0.216. The Labute approximate surface area is 83.8 Å².